The molecule has 2 bridgehead atoms. The molecule has 6 rings (SSSR count). The Morgan fingerprint density at radius 3 is 2.77 bits per heavy atom. The molecule has 0 saturated carbocycles. The predicted octanol–water partition coefficient (Wildman–Crippen LogP) is 4.02. The molecule has 10 heteroatoms. The Labute approximate surface area is 214 Å². The number of aliphatic imine (C=N–C) groups is 2. The first kappa shape index (κ1) is 22.4. The number of allylic oxidation sites excluding steroid dienone is 2. The van der Waals surface area contributed by atoms with Gasteiger partial charge in [-0.2, -0.15) is 5.10 Å². The van der Waals surface area contributed by atoms with E-state index in [1.807, 2.05) is 54.2 Å². The first-order valence-electron chi connectivity index (χ1n) is 11.7. The second-order valence-electron chi connectivity index (χ2n) is 9.58. The van der Waals surface area contributed by atoms with Crippen LogP contribution < -0.4 is 5.73 Å². The molecule has 5 heterocycles. The van der Waals surface area contributed by atoms with E-state index in [0.29, 0.717) is 16.3 Å². The van der Waals surface area contributed by atoms with Crippen molar-refractivity contribution < 1.29 is 0 Å². The number of piperidine rings is 1. The van der Waals surface area contributed by atoms with Gasteiger partial charge in [0.2, 0.25) is 0 Å². The maximum atomic E-state index is 6.37. The van der Waals surface area contributed by atoms with Gasteiger partial charge in [-0.05, 0) is 61.0 Å². The summed E-state index contributed by atoms with van der Waals surface area (Å²) < 4.78 is 1.95. The van der Waals surface area contributed by atoms with Crippen LogP contribution in [0.2, 0.25) is 5.02 Å². The van der Waals surface area contributed by atoms with Crippen molar-refractivity contribution in [3.63, 3.8) is 0 Å². The highest BCUT2D eigenvalue weighted by atomic mass is 35.5. The topological polar surface area (TPSA) is 87.9 Å². The lowest BCUT2D eigenvalue weighted by Crippen LogP contribution is -2.43. The van der Waals surface area contributed by atoms with E-state index in [9.17, 15) is 0 Å². The van der Waals surface area contributed by atoms with Crippen molar-refractivity contribution in [1.82, 2.24) is 24.6 Å². The number of hydrogen-bond acceptors (Lipinski definition) is 8. The van der Waals surface area contributed by atoms with E-state index < -0.39 is 0 Å². The van der Waals surface area contributed by atoms with Gasteiger partial charge in [-0.1, -0.05) is 23.4 Å². The number of thioether (sulfide) groups is 1. The van der Waals surface area contributed by atoms with Crippen LogP contribution in [0.5, 0.6) is 0 Å². The standard InChI is InChI=1S/C25H27ClN8S/c1-32-15-16-13-25(14-17(16)31-32)7-11-34(12-8-25)21-6-10-29-24-19(3-4-20(30-21)33(24)2)35-18-5-9-28-23(27)22(18)26/h3-6,9-10,15H,7-8,11-14H2,1-2H3,(H2,27,28)/b10-6+,21-6?,29-10?,29-24-,30-20?,30-21+. The zero-order chi connectivity index (χ0) is 24.2. The molecule has 35 heavy (non-hydrogen) atoms. The molecule has 3 aliphatic heterocycles. The summed E-state index contributed by atoms with van der Waals surface area (Å²) in [7, 11) is 4.01. The summed E-state index contributed by atoms with van der Waals surface area (Å²) in [5.74, 6) is 2.98. The van der Waals surface area contributed by atoms with Gasteiger partial charge in [0.15, 0.2) is 0 Å². The number of pyridine rings is 1. The highest BCUT2D eigenvalue weighted by Crippen LogP contribution is 2.44. The second kappa shape index (κ2) is 8.57. The van der Waals surface area contributed by atoms with Crippen LogP contribution in [0, 0.1) is 5.41 Å². The molecule has 0 aromatic carbocycles. The number of amidine groups is 2. The van der Waals surface area contributed by atoms with Crippen LogP contribution in [0.1, 0.15) is 24.1 Å². The lowest BCUT2D eigenvalue weighted by molar-refractivity contribution is 0.157. The number of halogens is 1. The Morgan fingerprint density at radius 2 is 1.97 bits per heavy atom. The molecular weight excluding hydrogens is 480 g/mol. The van der Waals surface area contributed by atoms with Crippen molar-refractivity contribution >= 4 is 40.9 Å². The molecule has 4 aliphatic rings. The molecule has 0 amide bonds. The van der Waals surface area contributed by atoms with Crippen molar-refractivity contribution in [3.8, 4) is 0 Å². The zero-order valence-electron chi connectivity index (χ0n) is 19.8. The van der Waals surface area contributed by atoms with Gasteiger partial charge in [0, 0.05) is 50.7 Å². The summed E-state index contributed by atoms with van der Waals surface area (Å²) in [6, 6.07) is 1.86. The Hall–Kier alpha value is -3.04. The summed E-state index contributed by atoms with van der Waals surface area (Å²) in [6.45, 7) is 1.98. The highest BCUT2D eigenvalue weighted by Gasteiger charge is 2.41. The quantitative estimate of drug-likeness (QED) is 0.662. The van der Waals surface area contributed by atoms with Crippen LogP contribution in [0.25, 0.3) is 0 Å². The Balaban J connectivity index is 1.20. The number of anilines is 1. The third kappa shape index (κ3) is 4.06. The summed E-state index contributed by atoms with van der Waals surface area (Å²) in [6.07, 6.45) is 16.3. The number of aryl methyl sites for hydroxylation is 1. The van der Waals surface area contributed by atoms with Crippen LogP contribution in [0.4, 0.5) is 5.82 Å². The molecule has 1 spiro atoms. The minimum atomic E-state index is 0.326. The number of hydrogen-bond donors (Lipinski definition) is 1. The van der Waals surface area contributed by atoms with E-state index in [-0.39, 0.29) is 0 Å². The first-order valence-corrected chi connectivity index (χ1v) is 12.9. The third-order valence-electron chi connectivity index (χ3n) is 7.26. The van der Waals surface area contributed by atoms with Gasteiger partial charge >= 0.3 is 0 Å². The van der Waals surface area contributed by atoms with Crippen LogP contribution in [0.15, 0.2) is 68.5 Å². The number of likely N-dealkylation sites (tertiary alicyclic amines) is 1. The number of likely N-dealkylation sites (N-methyl/N-ethyl adjacent to an activating group) is 1. The number of fused-ring (bicyclic) bond motifs is 3. The molecule has 1 aliphatic carbocycles. The molecule has 2 aromatic rings. The lowest BCUT2D eigenvalue weighted by atomic mass is 9.76. The fraction of sp³-hybridized carbons (Fsp3) is 0.360. The minimum Gasteiger partial charge on any atom is -0.382 e. The van der Waals surface area contributed by atoms with Gasteiger partial charge in [0.25, 0.3) is 0 Å². The molecule has 0 unspecified atom stereocenters. The lowest BCUT2D eigenvalue weighted by Gasteiger charge is -2.40. The summed E-state index contributed by atoms with van der Waals surface area (Å²) in [5.41, 5.74) is 8.95. The van der Waals surface area contributed by atoms with Gasteiger partial charge in [-0.3, -0.25) is 4.68 Å². The van der Waals surface area contributed by atoms with Crippen molar-refractivity contribution in [2.24, 2.45) is 22.4 Å². The Bertz CT molecular complexity index is 1320. The summed E-state index contributed by atoms with van der Waals surface area (Å²) >= 11 is 7.89. The van der Waals surface area contributed by atoms with Crippen molar-refractivity contribution in [1.29, 1.82) is 0 Å². The highest BCUT2D eigenvalue weighted by molar-refractivity contribution is 8.04. The van der Waals surface area contributed by atoms with Crippen molar-refractivity contribution in [2.75, 3.05) is 25.9 Å². The van der Waals surface area contributed by atoms with Crippen LogP contribution in [-0.4, -0.2) is 56.4 Å². The van der Waals surface area contributed by atoms with E-state index in [1.54, 1.807) is 6.20 Å². The SMILES string of the molecule is CN1C2=CC=C(Sc3ccnc(N)c3Cl)/C1=N/C=C/C(N1CCC3(CC1)Cc1cn(C)nc1C3)=N\2. The average Bonchev–Trinajstić information content (AvgIpc) is 3.33. The maximum absolute atomic E-state index is 6.37. The molecule has 180 valence electrons. The number of aromatic nitrogens is 3. The monoisotopic (exact) mass is 506 g/mol. The summed E-state index contributed by atoms with van der Waals surface area (Å²) in [5, 5.41) is 5.13. The normalized spacial score (nSPS) is 24.5. The fourth-order valence-corrected chi connectivity index (χ4v) is 6.57. The smallest absolute Gasteiger partial charge is 0.147 e. The number of nitrogens with zero attached hydrogens (tertiary/aromatic N) is 7. The van der Waals surface area contributed by atoms with Crippen molar-refractivity contribution in [2.45, 2.75) is 30.6 Å². The number of nitrogen functional groups attached to an aromatic ring is 1. The molecule has 2 aromatic heterocycles. The predicted molar refractivity (Wildman–Crippen MR) is 141 cm³/mol. The van der Waals surface area contributed by atoms with Crippen LogP contribution >= 0.6 is 23.4 Å². The molecule has 2 N–H and O–H groups in total. The average molecular weight is 507 g/mol. The number of rotatable bonds is 2. The summed E-state index contributed by atoms with van der Waals surface area (Å²) in [4.78, 5) is 20.1. The van der Waals surface area contributed by atoms with Crippen molar-refractivity contribution in [3.05, 3.63) is 69.9 Å². The maximum Gasteiger partial charge on any atom is 0.147 e. The van der Waals surface area contributed by atoms with E-state index in [0.717, 1.165) is 66.1 Å². The van der Waals surface area contributed by atoms with Crippen LogP contribution in [-0.2, 0) is 19.9 Å². The Kier molecular flexibility index (Phi) is 5.49. The molecule has 0 radical (unpaired) electrons. The van der Waals surface area contributed by atoms with E-state index >= 15 is 0 Å². The molecule has 0 atom stereocenters. The molecule has 1 saturated heterocycles. The first-order chi connectivity index (χ1) is 16.9. The van der Waals surface area contributed by atoms with E-state index in [4.69, 9.17) is 27.3 Å². The zero-order valence-corrected chi connectivity index (χ0v) is 21.4. The second-order valence-corrected chi connectivity index (χ2v) is 11.0. The van der Waals surface area contributed by atoms with Crippen LogP contribution in [0.3, 0.4) is 0 Å². The fourth-order valence-electron chi connectivity index (χ4n) is 5.36. The Morgan fingerprint density at radius 1 is 1.14 bits per heavy atom. The van der Waals surface area contributed by atoms with Gasteiger partial charge < -0.3 is 15.5 Å². The molecule has 1 fully saturated rings. The van der Waals surface area contributed by atoms with Gasteiger partial charge in [-0.25, -0.2) is 15.0 Å². The largest absolute Gasteiger partial charge is 0.382 e. The third-order valence-corrected chi connectivity index (χ3v) is 8.87. The van der Waals surface area contributed by atoms with E-state index in [1.165, 1.54) is 23.0 Å². The molecule has 8 nitrogen and oxygen atoms in total. The van der Waals surface area contributed by atoms with E-state index in [2.05, 4.69) is 21.2 Å². The number of nitrogens with two attached hydrogens (primary N) is 1. The van der Waals surface area contributed by atoms with Gasteiger partial charge in [-0.15, -0.1) is 0 Å². The van der Waals surface area contributed by atoms with Gasteiger partial charge in [0.1, 0.15) is 23.3 Å². The molecular formula is C25H27ClN8S. The minimum absolute atomic E-state index is 0.326. The van der Waals surface area contributed by atoms with Gasteiger partial charge in [0.05, 0.1) is 15.6 Å².